The number of amides is 1. The zero-order chi connectivity index (χ0) is 21.5. The van der Waals surface area contributed by atoms with E-state index in [0.717, 1.165) is 13.9 Å². The molecule has 0 saturated heterocycles. The van der Waals surface area contributed by atoms with Crippen molar-refractivity contribution in [1.82, 2.24) is 25.6 Å². The minimum absolute atomic E-state index is 0.171. The Hall–Kier alpha value is -3.09. The lowest BCUT2D eigenvalue weighted by molar-refractivity contribution is -0.122. The molecule has 11 heteroatoms. The van der Waals surface area contributed by atoms with E-state index in [1.807, 2.05) is 13.0 Å². The van der Waals surface area contributed by atoms with Gasteiger partial charge in [-0.05, 0) is 76.7 Å². The van der Waals surface area contributed by atoms with Gasteiger partial charge in [-0.2, -0.15) is 9.90 Å². The Labute approximate surface area is 185 Å². The number of aromatic nitrogens is 4. The van der Waals surface area contributed by atoms with E-state index in [0.29, 0.717) is 29.5 Å². The topological polar surface area (TPSA) is 104 Å². The van der Waals surface area contributed by atoms with Gasteiger partial charge in [0.25, 0.3) is 5.91 Å². The van der Waals surface area contributed by atoms with Gasteiger partial charge in [0, 0.05) is 5.56 Å². The summed E-state index contributed by atoms with van der Waals surface area (Å²) in [5.74, 6) is 0.750. The summed E-state index contributed by atoms with van der Waals surface area (Å²) < 4.78 is 24.8. The molecule has 0 saturated carbocycles. The van der Waals surface area contributed by atoms with Crippen LogP contribution >= 0.6 is 22.6 Å². The number of hydrazone groups is 1. The summed E-state index contributed by atoms with van der Waals surface area (Å²) in [6.45, 7) is 2.25. The highest BCUT2D eigenvalue weighted by molar-refractivity contribution is 14.1. The van der Waals surface area contributed by atoms with Crippen molar-refractivity contribution in [3.05, 3.63) is 51.3 Å². The molecule has 0 atom stereocenters. The molecule has 1 heterocycles. The highest BCUT2D eigenvalue weighted by atomic mass is 127. The summed E-state index contributed by atoms with van der Waals surface area (Å²) in [4.78, 5) is 13.2. The second-order valence-corrected chi connectivity index (χ2v) is 7.07. The van der Waals surface area contributed by atoms with Gasteiger partial charge in [0.1, 0.15) is 12.4 Å². The third-order valence-corrected chi connectivity index (χ3v) is 4.58. The quantitative estimate of drug-likeness (QED) is 0.276. The van der Waals surface area contributed by atoms with Crippen molar-refractivity contribution in [3.63, 3.8) is 0 Å². The molecule has 0 aliphatic heterocycles. The summed E-state index contributed by atoms with van der Waals surface area (Å²) in [5.41, 5.74) is 3.74. The third-order valence-electron chi connectivity index (χ3n) is 3.78. The number of nitrogens with zero attached hydrogens (tertiary/aromatic N) is 5. The molecule has 0 radical (unpaired) electrons. The number of hydrogen-bond acceptors (Lipinski definition) is 7. The van der Waals surface area contributed by atoms with Gasteiger partial charge >= 0.3 is 0 Å². The molecule has 0 fully saturated rings. The zero-order valence-corrected chi connectivity index (χ0v) is 18.3. The maximum atomic E-state index is 13.0. The maximum Gasteiger partial charge on any atom is 0.263 e. The molecule has 30 heavy (non-hydrogen) atoms. The molecule has 2 aromatic carbocycles. The minimum atomic E-state index is -0.429. The van der Waals surface area contributed by atoms with E-state index in [1.165, 1.54) is 30.5 Å². The summed E-state index contributed by atoms with van der Waals surface area (Å²) in [6, 6.07) is 9.29. The number of carbonyl (C=O) groups excluding carboxylic acids is 1. The number of hydrogen-bond donors (Lipinski definition) is 1. The summed E-state index contributed by atoms with van der Waals surface area (Å²) in [7, 11) is 1.56. The van der Waals surface area contributed by atoms with Gasteiger partial charge in [0.15, 0.2) is 11.5 Å². The van der Waals surface area contributed by atoms with Gasteiger partial charge < -0.3 is 9.47 Å². The van der Waals surface area contributed by atoms with Gasteiger partial charge in [0.05, 0.1) is 23.5 Å². The van der Waals surface area contributed by atoms with Crippen LogP contribution in [-0.2, 0) is 11.3 Å². The Kier molecular flexibility index (Phi) is 7.27. The van der Waals surface area contributed by atoms with E-state index in [4.69, 9.17) is 9.47 Å². The summed E-state index contributed by atoms with van der Waals surface area (Å²) in [6.07, 6.45) is 1.50. The average Bonchev–Trinajstić information content (AvgIpc) is 3.18. The number of halogens is 2. The number of ether oxygens (including phenoxy) is 2. The highest BCUT2D eigenvalue weighted by Gasteiger charge is 2.11. The fourth-order valence-electron chi connectivity index (χ4n) is 2.47. The first-order valence-electron chi connectivity index (χ1n) is 8.86. The Morgan fingerprint density at radius 3 is 2.80 bits per heavy atom. The number of carbonyl (C=O) groups is 1. The van der Waals surface area contributed by atoms with E-state index in [-0.39, 0.29) is 12.4 Å². The van der Waals surface area contributed by atoms with Crippen molar-refractivity contribution in [2.75, 3.05) is 13.7 Å². The summed E-state index contributed by atoms with van der Waals surface area (Å²) in [5, 5.41) is 15.7. The number of rotatable bonds is 8. The fourth-order valence-corrected chi connectivity index (χ4v) is 3.25. The average molecular weight is 524 g/mol. The van der Waals surface area contributed by atoms with Gasteiger partial charge in [0.2, 0.25) is 5.82 Å². The SMILES string of the molecule is CCOc1c(I)cc(/C=N/NC(=O)Cn2nnc(-c3ccc(F)cc3)n2)cc1OC. The van der Waals surface area contributed by atoms with E-state index >= 15 is 0 Å². The molecule has 1 amide bonds. The largest absolute Gasteiger partial charge is 0.493 e. The fraction of sp³-hybridized carbons (Fsp3) is 0.211. The Balaban J connectivity index is 1.60. The molecule has 1 N–H and O–H groups in total. The van der Waals surface area contributed by atoms with E-state index in [1.54, 1.807) is 13.2 Å². The van der Waals surface area contributed by atoms with Crippen LogP contribution in [0.1, 0.15) is 12.5 Å². The number of tetrazole rings is 1. The molecule has 0 unspecified atom stereocenters. The molecule has 0 bridgehead atoms. The summed E-state index contributed by atoms with van der Waals surface area (Å²) >= 11 is 2.15. The third kappa shape index (κ3) is 5.49. The first-order valence-corrected chi connectivity index (χ1v) is 9.94. The van der Waals surface area contributed by atoms with Crippen molar-refractivity contribution in [2.45, 2.75) is 13.5 Å². The van der Waals surface area contributed by atoms with Crippen LogP contribution in [0, 0.1) is 9.39 Å². The molecule has 3 rings (SSSR count). The molecule has 1 aromatic heterocycles. The molecule has 0 aliphatic rings. The van der Waals surface area contributed by atoms with Crippen molar-refractivity contribution in [2.24, 2.45) is 5.10 Å². The Morgan fingerprint density at radius 2 is 2.10 bits per heavy atom. The maximum absolute atomic E-state index is 13.0. The molecule has 0 aliphatic carbocycles. The lowest BCUT2D eigenvalue weighted by Gasteiger charge is -2.12. The predicted octanol–water partition coefficient (Wildman–Crippen LogP) is 2.64. The van der Waals surface area contributed by atoms with E-state index < -0.39 is 5.91 Å². The standard InChI is InChI=1S/C19H18FIN6O3/c1-3-30-18-15(21)8-12(9-16(18)29-2)10-22-23-17(28)11-27-25-19(24-26-27)13-4-6-14(20)7-5-13/h4-10H,3,11H2,1-2H3,(H,23,28)/b22-10+. The van der Waals surface area contributed by atoms with Gasteiger partial charge in [-0.3, -0.25) is 4.79 Å². The van der Waals surface area contributed by atoms with Gasteiger partial charge in [-0.25, -0.2) is 9.82 Å². The van der Waals surface area contributed by atoms with Crippen LogP contribution in [0.3, 0.4) is 0 Å². The zero-order valence-electron chi connectivity index (χ0n) is 16.2. The minimum Gasteiger partial charge on any atom is -0.493 e. The van der Waals surface area contributed by atoms with Crippen LogP contribution in [0.2, 0.25) is 0 Å². The van der Waals surface area contributed by atoms with Crippen LogP contribution < -0.4 is 14.9 Å². The monoisotopic (exact) mass is 524 g/mol. The van der Waals surface area contributed by atoms with Crippen LogP contribution in [0.25, 0.3) is 11.4 Å². The second-order valence-electron chi connectivity index (χ2n) is 5.91. The van der Waals surface area contributed by atoms with E-state index in [2.05, 4.69) is 48.5 Å². The molecule has 0 spiro atoms. The predicted molar refractivity (Wildman–Crippen MR) is 116 cm³/mol. The Bertz CT molecular complexity index is 1050. The number of nitrogens with one attached hydrogen (secondary N) is 1. The van der Waals surface area contributed by atoms with Crippen molar-refractivity contribution in [1.29, 1.82) is 0 Å². The van der Waals surface area contributed by atoms with Crippen LogP contribution in [0.15, 0.2) is 41.5 Å². The molecule has 9 nitrogen and oxygen atoms in total. The molecular formula is C19H18FIN6O3. The molecular weight excluding hydrogens is 506 g/mol. The molecule has 156 valence electrons. The van der Waals surface area contributed by atoms with Crippen molar-refractivity contribution >= 4 is 34.7 Å². The Morgan fingerprint density at radius 1 is 1.33 bits per heavy atom. The molecule has 3 aromatic rings. The number of methoxy groups -OCH3 is 1. The smallest absolute Gasteiger partial charge is 0.263 e. The number of benzene rings is 2. The second kappa shape index (κ2) is 10.1. The first kappa shape index (κ1) is 21.6. The van der Waals surface area contributed by atoms with Crippen LogP contribution in [0.5, 0.6) is 11.5 Å². The van der Waals surface area contributed by atoms with Crippen molar-refractivity contribution < 1.29 is 18.7 Å². The highest BCUT2D eigenvalue weighted by Crippen LogP contribution is 2.33. The lowest BCUT2D eigenvalue weighted by atomic mass is 10.2. The lowest BCUT2D eigenvalue weighted by Crippen LogP contribution is -2.24. The van der Waals surface area contributed by atoms with Gasteiger partial charge in [-0.1, -0.05) is 0 Å². The first-order chi connectivity index (χ1) is 14.5. The van der Waals surface area contributed by atoms with Crippen LogP contribution in [0.4, 0.5) is 4.39 Å². The normalized spacial score (nSPS) is 10.9. The van der Waals surface area contributed by atoms with E-state index in [9.17, 15) is 9.18 Å². The van der Waals surface area contributed by atoms with Crippen molar-refractivity contribution in [3.8, 4) is 22.9 Å². The van der Waals surface area contributed by atoms with Gasteiger partial charge in [-0.15, -0.1) is 10.2 Å². The van der Waals surface area contributed by atoms with Crippen LogP contribution in [-0.4, -0.2) is 46.0 Å².